The highest BCUT2D eigenvalue weighted by Crippen LogP contribution is 2.10. The molecular formula is C12H25NOSi. The van der Waals surface area contributed by atoms with E-state index in [1.165, 1.54) is 67.7 Å². The van der Waals surface area contributed by atoms with E-state index in [4.69, 9.17) is 0 Å². The minimum absolute atomic E-state index is 0.671. The molecular weight excluding hydrogens is 202 g/mol. The molecule has 0 aliphatic rings. The first kappa shape index (κ1) is 14.6. The zero-order chi connectivity index (χ0) is 11.2. The molecule has 2 nitrogen and oxygen atoms in total. The molecule has 15 heavy (non-hydrogen) atoms. The first-order chi connectivity index (χ1) is 7.41. The van der Waals surface area contributed by atoms with E-state index in [0.717, 1.165) is 6.42 Å². The molecule has 0 aromatic heterocycles. The van der Waals surface area contributed by atoms with E-state index in [0.29, 0.717) is 6.54 Å². The van der Waals surface area contributed by atoms with Gasteiger partial charge in [-0.3, -0.25) is 0 Å². The topological polar surface area (TPSA) is 29.4 Å². The molecule has 88 valence electrons. The quantitative estimate of drug-likeness (QED) is 0.231. The summed E-state index contributed by atoms with van der Waals surface area (Å²) >= 11 is 0. The number of aliphatic imine (C=N–C) groups is 1. The van der Waals surface area contributed by atoms with E-state index in [-0.39, 0.29) is 0 Å². The van der Waals surface area contributed by atoms with E-state index in [2.05, 4.69) is 4.99 Å². The molecule has 0 amide bonds. The average molecular weight is 227 g/mol. The fourth-order valence-corrected chi connectivity index (χ4v) is 2.22. The zero-order valence-corrected chi connectivity index (χ0v) is 12.1. The smallest absolute Gasteiger partial charge is 0.211 e. The van der Waals surface area contributed by atoms with Crippen molar-refractivity contribution in [2.24, 2.45) is 4.99 Å². The van der Waals surface area contributed by atoms with Crippen LogP contribution in [0, 0.1) is 0 Å². The van der Waals surface area contributed by atoms with Crippen molar-refractivity contribution in [3.8, 4) is 0 Å². The lowest BCUT2D eigenvalue weighted by molar-refractivity contribution is 0.556. The van der Waals surface area contributed by atoms with Gasteiger partial charge in [-0.15, -0.1) is 0 Å². The Labute approximate surface area is 97.0 Å². The second-order valence-electron chi connectivity index (χ2n) is 4.15. The lowest BCUT2D eigenvalue weighted by Crippen LogP contribution is -1.84. The Morgan fingerprint density at radius 2 is 1.27 bits per heavy atom. The van der Waals surface area contributed by atoms with Crippen LogP contribution < -0.4 is 0 Å². The molecule has 0 fully saturated rings. The summed E-state index contributed by atoms with van der Waals surface area (Å²) in [6.07, 6.45) is 13.6. The Kier molecular flexibility index (Phi) is 13.2. The molecule has 0 rings (SSSR count). The molecule has 0 saturated carbocycles. The van der Waals surface area contributed by atoms with E-state index < -0.39 is 0 Å². The van der Waals surface area contributed by atoms with Gasteiger partial charge in [0, 0.05) is 10.2 Å². The molecule has 0 unspecified atom stereocenters. The normalized spacial score (nSPS) is 10.1. The summed E-state index contributed by atoms with van der Waals surface area (Å²) in [5.74, 6) is 0. The van der Waals surface area contributed by atoms with Gasteiger partial charge in [0.1, 0.15) is 0 Å². The second kappa shape index (κ2) is 13.6. The zero-order valence-electron chi connectivity index (χ0n) is 10.1. The minimum Gasteiger partial charge on any atom is -0.211 e. The predicted octanol–water partition coefficient (Wildman–Crippen LogP) is 2.62. The predicted molar refractivity (Wildman–Crippen MR) is 69.3 cm³/mol. The SMILES string of the molecule is O=C=NCCCCCCCCCCC[SiH3]. The molecule has 0 radical (unpaired) electrons. The Morgan fingerprint density at radius 1 is 0.800 bits per heavy atom. The van der Waals surface area contributed by atoms with Crippen molar-refractivity contribution in [1.29, 1.82) is 0 Å². The number of nitrogens with zero attached hydrogens (tertiary/aromatic N) is 1. The highest BCUT2D eigenvalue weighted by Gasteiger charge is 1.91. The van der Waals surface area contributed by atoms with Crippen LogP contribution in [-0.2, 0) is 4.79 Å². The summed E-state index contributed by atoms with van der Waals surface area (Å²) in [4.78, 5) is 13.3. The number of carbonyl (C=O) groups excluding carboxylic acids is 1. The van der Waals surface area contributed by atoms with Gasteiger partial charge in [-0.25, -0.2) is 9.79 Å². The lowest BCUT2D eigenvalue weighted by Gasteiger charge is -2.00. The monoisotopic (exact) mass is 227 g/mol. The van der Waals surface area contributed by atoms with Crippen molar-refractivity contribution in [2.45, 2.75) is 63.8 Å². The van der Waals surface area contributed by atoms with Crippen LogP contribution in [0.4, 0.5) is 0 Å². The van der Waals surface area contributed by atoms with Gasteiger partial charge in [0.2, 0.25) is 6.08 Å². The van der Waals surface area contributed by atoms with Crippen molar-refractivity contribution in [2.75, 3.05) is 6.54 Å². The van der Waals surface area contributed by atoms with Gasteiger partial charge in [-0.05, 0) is 6.42 Å². The van der Waals surface area contributed by atoms with E-state index in [1.807, 2.05) is 0 Å². The van der Waals surface area contributed by atoms with Crippen LogP contribution in [0.5, 0.6) is 0 Å². The maximum absolute atomic E-state index is 9.78. The Morgan fingerprint density at radius 3 is 1.73 bits per heavy atom. The van der Waals surface area contributed by atoms with Crippen molar-refractivity contribution < 1.29 is 4.79 Å². The number of unbranched alkanes of at least 4 members (excludes halogenated alkanes) is 8. The maximum atomic E-state index is 9.78. The third-order valence-electron chi connectivity index (χ3n) is 2.69. The van der Waals surface area contributed by atoms with Gasteiger partial charge >= 0.3 is 0 Å². The summed E-state index contributed by atoms with van der Waals surface area (Å²) in [6.45, 7) is 0.671. The third kappa shape index (κ3) is 13.6. The lowest BCUT2D eigenvalue weighted by atomic mass is 10.1. The first-order valence-electron chi connectivity index (χ1n) is 6.45. The first-order valence-corrected chi connectivity index (χ1v) is 7.87. The third-order valence-corrected chi connectivity index (χ3v) is 3.40. The van der Waals surface area contributed by atoms with Crippen LogP contribution in [-0.4, -0.2) is 22.9 Å². The van der Waals surface area contributed by atoms with Gasteiger partial charge < -0.3 is 0 Å². The van der Waals surface area contributed by atoms with E-state index in [1.54, 1.807) is 6.08 Å². The summed E-state index contributed by atoms with van der Waals surface area (Å²) in [5, 5.41) is 0. The molecule has 0 aromatic carbocycles. The summed E-state index contributed by atoms with van der Waals surface area (Å²) in [7, 11) is 1.37. The highest BCUT2D eigenvalue weighted by atomic mass is 28.1. The van der Waals surface area contributed by atoms with E-state index >= 15 is 0 Å². The van der Waals surface area contributed by atoms with Gasteiger partial charge in [0.15, 0.2) is 0 Å². The Hall–Kier alpha value is -0.403. The number of rotatable bonds is 11. The standard InChI is InChI=1S/C12H25NOSi/c14-12-13-10-8-6-4-2-1-3-5-7-9-11-15/h1-11H2,15H3. The summed E-state index contributed by atoms with van der Waals surface area (Å²) in [5.41, 5.74) is 0. The molecule has 0 spiro atoms. The molecule has 3 heteroatoms. The molecule has 0 aliphatic carbocycles. The van der Waals surface area contributed by atoms with Gasteiger partial charge in [-0.1, -0.05) is 57.4 Å². The van der Waals surface area contributed by atoms with Gasteiger partial charge in [0.25, 0.3) is 0 Å². The number of isocyanates is 1. The van der Waals surface area contributed by atoms with Crippen LogP contribution in [0.1, 0.15) is 57.8 Å². The molecule has 0 heterocycles. The molecule has 0 saturated heterocycles. The van der Waals surface area contributed by atoms with E-state index in [9.17, 15) is 4.79 Å². The highest BCUT2D eigenvalue weighted by molar-refractivity contribution is 6.08. The van der Waals surface area contributed by atoms with Crippen LogP contribution in [0.2, 0.25) is 6.04 Å². The summed E-state index contributed by atoms with van der Waals surface area (Å²) < 4.78 is 0. The second-order valence-corrected chi connectivity index (χ2v) is 5.15. The largest absolute Gasteiger partial charge is 0.234 e. The van der Waals surface area contributed by atoms with Crippen molar-refractivity contribution >= 4 is 16.3 Å². The fraction of sp³-hybridized carbons (Fsp3) is 0.917. The molecule has 0 N–H and O–H groups in total. The minimum atomic E-state index is 0.671. The summed E-state index contributed by atoms with van der Waals surface area (Å²) in [6, 6.07) is 1.47. The van der Waals surface area contributed by atoms with Crippen molar-refractivity contribution in [3.63, 3.8) is 0 Å². The van der Waals surface area contributed by atoms with Crippen molar-refractivity contribution in [3.05, 3.63) is 0 Å². The molecule has 0 bridgehead atoms. The number of hydrogen-bond acceptors (Lipinski definition) is 2. The van der Waals surface area contributed by atoms with Crippen molar-refractivity contribution in [1.82, 2.24) is 0 Å². The fourth-order valence-electron chi connectivity index (χ4n) is 1.72. The van der Waals surface area contributed by atoms with Crippen LogP contribution in [0.3, 0.4) is 0 Å². The van der Waals surface area contributed by atoms with Crippen LogP contribution >= 0.6 is 0 Å². The molecule has 0 aliphatic heterocycles. The maximum Gasteiger partial charge on any atom is 0.234 e. The number of hydrogen-bond donors (Lipinski definition) is 0. The van der Waals surface area contributed by atoms with Crippen LogP contribution in [0.25, 0.3) is 0 Å². The Bertz CT molecular complexity index is 167. The molecule has 0 aromatic rings. The Balaban J connectivity index is 2.89. The molecule has 0 atom stereocenters. The van der Waals surface area contributed by atoms with Gasteiger partial charge in [0.05, 0.1) is 6.54 Å². The van der Waals surface area contributed by atoms with Gasteiger partial charge in [-0.2, -0.15) is 0 Å². The van der Waals surface area contributed by atoms with Crippen LogP contribution in [0.15, 0.2) is 4.99 Å². The average Bonchev–Trinajstić information content (AvgIpc) is 2.26.